The summed E-state index contributed by atoms with van der Waals surface area (Å²) in [6, 6.07) is 4.05. The first-order valence-electron chi connectivity index (χ1n) is 4.21. The highest BCUT2D eigenvalue weighted by molar-refractivity contribution is 8.00. The molecule has 86 valence electrons. The summed E-state index contributed by atoms with van der Waals surface area (Å²) in [6.45, 7) is 0. The molecule has 0 aromatic heterocycles. The fraction of sp³-hybridized carbons (Fsp3) is 0.222. The summed E-state index contributed by atoms with van der Waals surface area (Å²) in [6.07, 6.45) is 0. The van der Waals surface area contributed by atoms with Gasteiger partial charge < -0.3 is 9.84 Å². The lowest BCUT2D eigenvalue weighted by atomic mass is 10.3. The molecular formula is C9H9NO5S. The van der Waals surface area contributed by atoms with Crippen molar-refractivity contribution in [1.82, 2.24) is 0 Å². The maximum atomic E-state index is 10.5. The Bertz CT molecular complexity index is 420. The van der Waals surface area contributed by atoms with E-state index in [1.54, 1.807) is 0 Å². The van der Waals surface area contributed by atoms with Crippen LogP contribution in [0.4, 0.5) is 5.69 Å². The number of ether oxygens (including phenoxy) is 1. The first-order chi connectivity index (χ1) is 7.54. The number of nitrogens with zero attached hydrogens (tertiary/aromatic N) is 1. The molecule has 1 aromatic rings. The molecule has 0 bridgehead atoms. The standard InChI is InChI=1S/C9H9NO5S/c1-15-7-3-2-6(10(13)14)4-8(7)16-5-9(11)12/h2-4H,5H2,1H3,(H,11,12). The van der Waals surface area contributed by atoms with Crippen molar-refractivity contribution in [1.29, 1.82) is 0 Å². The molecule has 0 spiro atoms. The molecule has 0 saturated carbocycles. The first kappa shape index (κ1) is 12.3. The highest BCUT2D eigenvalue weighted by Crippen LogP contribution is 2.32. The molecule has 0 aliphatic rings. The second-order valence-electron chi connectivity index (χ2n) is 2.77. The van der Waals surface area contributed by atoms with Crippen LogP contribution in [-0.4, -0.2) is 28.9 Å². The molecule has 0 radical (unpaired) electrons. The molecule has 1 N–H and O–H groups in total. The highest BCUT2D eigenvalue weighted by atomic mass is 32.2. The fourth-order valence-electron chi connectivity index (χ4n) is 1.03. The predicted molar refractivity (Wildman–Crippen MR) is 58.0 cm³/mol. The van der Waals surface area contributed by atoms with E-state index in [0.29, 0.717) is 10.6 Å². The van der Waals surface area contributed by atoms with Crippen LogP contribution in [0.1, 0.15) is 0 Å². The Hall–Kier alpha value is -1.76. The first-order valence-corrected chi connectivity index (χ1v) is 5.20. The van der Waals surface area contributed by atoms with Crippen molar-refractivity contribution in [2.24, 2.45) is 0 Å². The van der Waals surface area contributed by atoms with Crippen LogP contribution in [0.15, 0.2) is 23.1 Å². The fourth-order valence-corrected chi connectivity index (χ4v) is 1.81. The number of methoxy groups -OCH3 is 1. The highest BCUT2D eigenvalue weighted by Gasteiger charge is 2.12. The van der Waals surface area contributed by atoms with E-state index in [0.717, 1.165) is 11.8 Å². The Morgan fingerprint density at radius 1 is 1.62 bits per heavy atom. The van der Waals surface area contributed by atoms with Crippen molar-refractivity contribution in [3.05, 3.63) is 28.3 Å². The molecule has 0 atom stereocenters. The molecule has 0 fully saturated rings. The number of benzene rings is 1. The van der Waals surface area contributed by atoms with Crippen LogP contribution in [0.3, 0.4) is 0 Å². The van der Waals surface area contributed by atoms with Gasteiger partial charge in [0.05, 0.1) is 22.7 Å². The maximum Gasteiger partial charge on any atom is 0.313 e. The second-order valence-corrected chi connectivity index (χ2v) is 3.79. The third kappa shape index (κ3) is 3.13. The van der Waals surface area contributed by atoms with E-state index in [1.165, 1.54) is 25.3 Å². The van der Waals surface area contributed by atoms with E-state index < -0.39 is 10.9 Å². The van der Waals surface area contributed by atoms with Gasteiger partial charge in [0.1, 0.15) is 5.75 Å². The SMILES string of the molecule is COc1ccc([N+](=O)[O-])cc1SCC(=O)O. The van der Waals surface area contributed by atoms with Crippen molar-refractivity contribution in [2.75, 3.05) is 12.9 Å². The number of rotatable bonds is 5. The van der Waals surface area contributed by atoms with Crippen molar-refractivity contribution in [3.63, 3.8) is 0 Å². The summed E-state index contributed by atoms with van der Waals surface area (Å²) >= 11 is 0.982. The molecule has 7 heteroatoms. The Balaban J connectivity index is 2.97. The largest absolute Gasteiger partial charge is 0.496 e. The Morgan fingerprint density at radius 2 is 2.31 bits per heavy atom. The molecule has 0 saturated heterocycles. The molecule has 0 amide bonds. The molecule has 0 unspecified atom stereocenters. The Kier molecular flexibility index (Phi) is 4.12. The number of aliphatic carboxylic acids is 1. The van der Waals surface area contributed by atoms with E-state index >= 15 is 0 Å². The zero-order valence-corrected chi connectivity index (χ0v) is 9.19. The average Bonchev–Trinajstić information content (AvgIpc) is 2.25. The van der Waals surface area contributed by atoms with Crippen LogP contribution < -0.4 is 4.74 Å². The molecule has 1 aromatic carbocycles. The molecule has 0 heterocycles. The summed E-state index contributed by atoms with van der Waals surface area (Å²) in [7, 11) is 1.42. The van der Waals surface area contributed by atoms with Gasteiger partial charge in [0.2, 0.25) is 0 Å². The Labute approximate surface area is 95.4 Å². The third-order valence-electron chi connectivity index (χ3n) is 1.71. The normalized spacial score (nSPS) is 9.81. The van der Waals surface area contributed by atoms with Crippen LogP contribution in [0.25, 0.3) is 0 Å². The average molecular weight is 243 g/mol. The molecular weight excluding hydrogens is 234 g/mol. The quantitative estimate of drug-likeness (QED) is 0.481. The molecule has 16 heavy (non-hydrogen) atoms. The number of non-ortho nitro benzene ring substituents is 1. The smallest absolute Gasteiger partial charge is 0.313 e. The number of carboxylic acids is 1. The lowest BCUT2D eigenvalue weighted by Gasteiger charge is -2.06. The van der Waals surface area contributed by atoms with Crippen molar-refractivity contribution < 1.29 is 19.6 Å². The van der Waals surface area contributed by atoms with Crippen LogP contribution in [0.5, 0.6) is 5.75 Å². The van der Waals surface area contributed by atoms with Crippen molar-refractivity contribution in [3.8, 4) is 5.75 Å². The number of thioether (sulfide) groups is 1. The summed E-state index contributed by atoms with van der Waals surface area (Å²) in [5, 5.41) is 19.1. The minimum absolute atomic E-state index is 0.0892. The van der Waals surface area contributed by atoms with Crippen LogP contribution in [0, 0.1) is 10.1 Å². The van der Waals surface area contributed by atoms with Crippen molar-refractivity contribution in [2.45, 2.75) is 4.90 Å². The number of hydrogen-bond donors (Lipinski definition) is 1. The van der Waals surface area contributed by atoms with E-state index in [-0.39, 0.29) is 11.4 Å². The third-order valence-corrected chi connectivity index (χ3v) is 2.73. The predicted octanol–water partition coefficient (Wildman–Crippen LogP) is 1.78. The summed E-state index contributed by atoms with van der Waals surface area (Å²) in [4.78, 5) is 20.8. The van der Waals surface area contributed by atoms with Crippen molar-refractivity contribution >= 4 is 23.4 Å². The summed E-state index contributed by atoms with van der Waals surface area (Å²) in [5.74, 6) is -0.729. The van der Waals surface area contributed by atoms with Crippen LogP contribution >= 0.6 is 11.8 Å². The number of hydrogen-bond acceptors (Lipinski definition) is 5. The van der Waals surface area contributed by atoms with Crippen LogP contribution in [0.2, 0.25) is 0 Å². The Morgan fingerprint density at radius 3 is 2.81 bits per heavy atom. The van der Waals surface area contributed by atoms with Gasteiger partial charge in [-0.1, -0.05) is 0 Å². The zero-order valence-electron chi connectivity index (χ0n) is 8.37. The van der Waals surface area contributed by atoms with Gasteiger partial charge in [0.25, 0.3) is 5.69 Å². The molecule has 1 rings (SSSR count). The monoisotopic (exact) mass is 243 g/mol. The summed E-state index contributed by atoms with van der Waals surface area (Å²) in [5.41, 5.74) is -0.0892. The number of nitro benzene ring substituents is 1. The lowest BCUT2D eigenvalue weighted by Crippen LogP contribution is -1.98. The van der Waals surface area contributed by atoms with Gasteiger partial charge in [-0.25, -0.2) is 0 Å². The topological polar surface area (TPSA) is 89.7 Å². The van der Waals surface area contributed by atoms with E-state index in [2.05, 4.69) is 0 Å². The lowest BCUT2D eigenvalue weighted by molar-refractivity contribution is -0.385. The van der Waals surface area contributed by atoms with Gasteiger partial charge in [-0.2, -0.15) is 0 Å². The number of carbonyl (C=O) groups is 1. The van der Waals surface area contributed by atoms with Gasteiger partial charge >= 0.3 is 5.97 Å². The van der Waals surface area contributed by atoms with Gasteiger partial charge in [-0.3, -0.25) is 14.9 Å². The van der Waals surface area contributed by atoms with Crippen LogP contribution in [-0.2, 0) is 4.79 Å². The minimum Gasteiger partial charge on any atom is -0.496 e. The van der Waals surface area contributed by atoms with Gasteiger partial charge in [-0.15, -0.1) is 11.8 Å². The molecule has 0 aliphatic heterocycles. The molecule has 0 aliphatic carbocycles. The van der Waals surface area contributed by atoms with Gasteiger partial charge in [0.15, 0.2) is 0 Å². The maximum absolute atomic E-state index is 10.5. The van der Waals surface area contributed by atoms with E-state index in [4.69, 9.17) is 9.84 Å². The molecule has 6 nitrogen and oxygen atoms in total. The van der Waals surface area contributed by atoms with Gasteiger partial charge in [-0.05, 0) is 6.07 Å². The number of carboxylic acid groups (broad SMARTS) is 1. The van der Waals surface area contributed by atoms with Gasteiger partial charge in [0, 0.05) is 12.1 Å². The van der Waals surface area contributed by atoms with E-state index in [1.807, 2.05) is 0 Å². The number of nitro groups is 1. The zero-order chi connectivity index (χ0) is 12.1. The minimum atomic E-state index is -0.987. The second kappa shape index (κ2) is 5.36. The summed E-state index contributed by atoms with van der Waals surface area (Å²) < 4.78 is 4.98. The van der Waals surface area contributed by atoms with E-state index in [9.17, 15) is 14.9 Å².